The zero-order valence-corrected chi connectivity index (χ0v) is 13.1. The lowest BCUT2D eigenvalue weighted by Gasteiger charge is -2.18. The molecular weight excluding hydrogens is 363 g/mol. The fraction of sp³-hybridized carbons (Fsp3) is 0.455. The van der Waals surface area contributed by atoms with Crippen molar-refractivity contribution in [3.8, 4) is 5.75 Å². The normalized spacial score (nSPS) is 12.8. The van der Waals surface area contributed by atoms with Crippen molar-refractivity contribution in [2.24, 2.45) is 0 Å². The first-order chi connectivity index (χ1) is 9.08. The average Bonchev–Trinajstić information content (AvgIpc) is 2.34. The van der Waals surface area contributed by atoms with Gasteiger partial charge in [0, 0.05) is 13.6 Å². The number of methoxy groups -OCH3 is 1. The van der Waals surface area contributed by atoms with E-state index >= 15 is 0 Å². The van der Waals surface area contributed by atoms with Gasteiger partial charge >= 0.3 is 6.18 Å². The summed E-state index contributed by atoms with van der Waals surface area (Å²) in [4.78, 5) is -0.102. The molecule has 0 aromatic heterocycles. The molecule has 0 fully saturated rings. The predicted octanol–water partition coefficient (Wildman–Crippen LogP) is 3.03. The van der Waals surface area contributed by atoms with Crippen molar-refractivity contribution in [1.82, 2.24) is 4.31 Å². The highest BCUT2D eigenvalue weighted by atomic mass is 79.9. The average molecular weight is 376 g/mol. The van der Waals surface area contributed by atoms with Crippen LogP contribution < -0.4 is 4.74 Å². The molecule has 0 bridgehead atoms. The summed E-state index contributed by atoms with van der Waals surface area (Å²) in [6, 6.07) is 4.00. The molecule has 0 aliphatic carbocycles. The number of nitrogens with zero attached hydrogens (tertiary/aromatic N) is 1. The lowest BCUT2D eigenvalue weighted by molar-refractivity contribution is -0.135. The Morgan fingerprint density at radius 1 is 1.35 bits per heavy atom. The van der Waals surface area contributed by atoms with Gasteiger partial charge in [-0.3, -0.25) is 0 Å². The lowest BCUT2D eigenvalue weighted by Crippen LogP contribution is -2.30. The topological polar surface area (TPSA) is 46.6 Å². The molecule has 1 rings (SSSR count). The summed E-state index contributed by atoms with van der Waals surface area (Å²) in [6.45, 7) is -0.629. The Bertz CT molecular complexity index is 575. The van der Waals surface area contributed by atoms with Gasteiger partial charge in [-0.25, -0.2) is 12.7 Å². The van der Waals surface area contributed by atoms with Gasteiger partial charge in [0.05, 0.1) is 22.9 Å². The minimum Gasteiger partial charge on any atom is -0.496 e. The fourth-order valence-electron chi connectivity index (χ4n) is 1.39. The summed E-state index contributed by atoms with van der Waals surface area (Å²) >= 11 is 3.13. The van der Waals surface area contributed by atoms with Gasteiger partial charge in [0.2, 0.25) is 10.0 Å². The Kier molecular flexibility index (Phi) is 5.45. The predicted molar refractivity (Wildman–Crippen MR) is 71.2 cm³/mol. The van der Waals surface area contributed by atoms with Crippen LogP contribution >= 0.6 is 15.9 Å². The van der Waals surface area contributed by atoms with Gasteiger partial charge < -0.3 is 4.74 Å². The molecule has 0 atom stereocenters. The number of hydrogen-bond donors (Lipinski definition) is 0. The van der Waals surface area contributed by atoms with E-state index in [2.05, 4.69) is 15.9 Å². The number of hydrogen-bond acceptors (Lipinski definition) is 3. The first-order valence-electron chi connectivity index (χ1n) is 5.44. The van der Waals surface area contributed by atoms with Gasteiger partial charge in [-0.05, 0) is 34.1 Å². The Labute approximate surface area is 123 Å². The van der Waals surface area contributed by atoms with Crippen LogP contribution in [0.5, 0.6) is 5.75 Å². The molecule has 0 heterocycles. The van der Waals surface area contributed by atoms with Crippen LogP contribution in [0.4, 0.5) is 13.2 Å². The Morgan fingerprint density at radius 3 is 2.40 bits per heavy atom. The van der Waals surface area contributed by atoms with E-state index in [9.17, 15) is 21.6 Å². The quantitative estimate of drug-likeness (QED) is 0.794. The molecule has 0 unspecified atom stereocenters. The molecule has 9 heteroatoms. The smallest absolute Gasteiger partial charge is 0.390 e. The second kappa shape index (κ2) is 6.31. The monoisotopic (exact) mass is 375 g/mol. The van der Waals surface area contributed by atoms with Gasteiger partial charge in [0.15, 0.2) is 0 Å². The largest absolute Gasteiger partial charge is 0.496 e. The van der Waals surface area contributed by atoms with Gasteiger partial charge in [0.25, 0.3) is 0 Å². The Morgan fingerprint density at radius 2 is 1.95 bits per heavy atom. The van der Waals surface area contributed by atoms with Gasteiger partial charge in [0.1, 0.15) is 5.75 Å². The highest BCUT2D eigenvalue weighted by Crippen LogP contribution is 2.29. The second-order valence-corrected chi connectivity index (χ2v) is 6.89. The third-order valence-electron chi connectivity index (χ3n) is 2.54. The zero-order chi connectivity index (χ0) is 15.6. The summed E-state index contributed by atoms with van der Waals surface area (Å²) in [6.07, 6.45) is -5.59. The number of rotatable bonds is 5. The summed E-state index contributed by atoms with van der Waals surface area (Å²) in [5.41, 5.74) is 0. The van der Waals surface area contributed by atoms with Gasteiger partial charge in [-0.1, -0.05) is 0 Å². The number of halogens is 4. The van der Waals surface area contributed by atoms with Crippen molar-refractivity contribution in [3.05, 3.63) is 22.7 Å². The summed E-state index contributed by atoms with van der Waals surface area (Å²) in [5.74, 6) is 0.432. The van der Waals surface area contributed by atoms with Crippen molar-refractivity contribution in [2.45, 2.75) is 17.5 Å². The van der Waals surface area contributed by atoms with Crippen molar-refractivity contribution in [2.75, 3.05) is 20.7 Å². The van der Waals surface area contributed by atoms with E-state index in [-0.39, 0.29) is 4.90 Å². The van der Waals surface area contributed by atoms with Crippen LogP contribution in [0.15, 0.2) is 27.6 Å². The lowest BCUT2D eigenvalue weighted by atomic mass is 10.3. The van der Waals surface area contributed by atoms with E-state index in [1.165, 1.54) is 25.3 Å². The third kappa shape index (κ3) is 4.35. The molecule has 0 saturated heterocycles. The van der Waals surface area contributed by atoms with E-state index < -0.39 is 29.2 Å². The number of alkyl halides is 3. The summed E-state index contributed by atoms with van der Waals surface area (Å²) in [7, 11) is -1.43. The summed E-state index contributed by atoms with van der Waals surface area (Å²) in [5, 5.41) is 0. The molecule has 114 valence electrons. The van der Waals surface area contributed by atoms with Gasteiger partial charge in [-0.15, -0.1) is 0 Å². The number of benzene rings is 1. The van der Waals surface area contributed by atoms with Crippen LogP contribution in [0.1, 0.15) is 6.42 Å². The van der Waals surface area contributed by atoms with Crippen LogP contribution in [0.2, 0.25) is 0 Å². The van der Waals surface area contributed by atoms with Crippen molar-refractivity contribution >= 4 is 26.0 Å². The number of sulfonamides is 1. The first-order valence-corrected chi connectivity index (χ1v) is 7.68. The molecule has 0 spiro atoms. The van der Waals surface area contributed by atoms with Crippen molar-refractivity contribution in [1.29, 1.82) is 0 Å². The van der Waals surface area contributed by atoms with E-state index in [1.807, 2.05) is 0 Å². The van der Waals surface area contributed by atoms with Crippen molar-refractivity contribution < 1.29 is 26.3 Å². The van der Waals surface area contributed by atoms with Crippen LogP contribution in [-0.4, -0.2) is 39.6 Å². The maximum atomic E-state index is 12.1. The molecule has 0 N–H and O–H groups in total. The molecule has 1 aromatic carbocycles. The van der Waals surface area contributed by atoms with Crippen LogP contribution in [0.25, 0.3) is 0 Å². The molecule has 1 aromatic rings. The van der Waals surface area contributed by atoms with E-state index in [0.29, 0.717) is 14.5 Å². The fourth-order valence-corrected chi connectivity index (χ4v) is 3.28. The third-order valence-corrected chi connectivity index (χ3v) is 5.01. The van der Waals surface area contributed by atoms with Crippen LogP contribution in [0.3, 0.4) is 0 Å². The minimum atomic E-state index is -4.40. The zero-order valence-electron chi connectivity index (χ0n) is 10.7. The Balaban J connectivity index is 2.96. The molecule has 0 amide bonds. The molecule has 4 nitrogen and oxygen atoms in total. The standard InChI is InChI=1S/C11H13BrF3NO3S/c1-16(6-5-11(13,14)15)20(17,18)8-3-4-10(19-2)9(12)7-8/h3-4,7H,5-6H2,1-2H3. The summed E-state index contributed by atoms with van der Waals surface area (Å²) < 4.78 is 66.6. The highest BCUT2D eigenvalue weighted by Gasteiger charge is 2.30. The molecule has 0 saturated carbocycles. The highest BCUT2D eigenvalue weighted by molar-refractivity contribution is 9.10. The first kappa shape index (κ1) is 17.3. The SMILES string of the molecule is COc1ccc(S(=O)(=O)N(C)CCC(F)(F)F)cc1Br. The number of ether oxygens (including phenoxy) is 1. The second-order valence-electron chi connectivity index (χ2n) is 3.99. The maximum absolute atomic E-state index is 12.1. The Hall–Kier alpha value is -0.800. The minimum absolute atomic E-state index is 0.102. The molecular formula is C11H13BrF3NO3S. The molecule has 0 radical (unpaired) electrons. The van der Waals surface area contributed by atoms with E-state index in [0.717, 1.165) is 7.05 Å². The van der Waals surface area contributed by atoms with Crippen LogP contribution in [-0.2, 0) is 10.0 Å². The molecule has 0 aliphatic heterocycles. The van der Waals surface area contributed by atoms with Gasteiger partial charge in [-0.2, -0.15) is 13.2 Å². The van der Waals surface area contributed by atoms with E-state index in [1.54, 1.807) is 0 Å². The van der Waals surface area contributed by atoms with Crippen LogP contribution in [0, 0.1) is 0 Å². The van der Waals surface area contributed by atoms with Crippen molar-refractivity contribution in [3.63, 3.8) is 0 Å². The molecule has 20 heavy (non-hydrogen) atoms. The maximum Gasteiger partial charge on any atom is 0.390 e. The molecule has 0 aliphatic rings. The van der Waals surface area contributed by atoms with E-state index in [4.69, 9.17) is 4.74 Å².